The van der Waals surface area contributed by atoms with Crippen molar-refractivity contribution in [3.05, 3.63) is 23.8 Å². The highest BCUT2D eigenvalue weighted by Crippen LogP contribution is 2.31. The molecule has 128 valence electrons. The molecule has 0 bridgehead atoms. The highest BCUT2D eigenvalue weighted by molar-refractivity contribution is 5.80. The Balaban J connectivity index is 2.07. The van der Waals surface area contributed by atoms with E-state index in [-0.39, 0.29) is 0 Å². The minimum Gasteiger partial charge on any atom is -0.493 e. The Labute approximate surface area is 139 Å². The van der Waals surface area contributed by atoms with Gasteiger partial charge in [0.1, 0.15) is 0 Å². The van der Waals surface area contributed by atoms with Gasteiger partial charge in [-0.1, -0.05) is 31.4 Å². The van der Waals surface area contributed by atoms with Crippen molar-refractivity contribution >= 4 is 5.96 Å². The van der Waals surface area contributed by atoms with E-state index in [1.54, 1.807) is 14.2 Å². The van der Waals surface area contributed by atoms with Crippen molar-refractivity contribution < 1.29 is 9.47 Å². The van der Waals surface area contributed by atoms with Crippen molar-refractivity contribution in [1.29, 1.82) is 0 Å². The maximum Gasteiger partial charge on any atom is 0.191 e. The summed E-state index contributed by atoms with van der Waals surface area (Å²) in [5.41, 5.74) is 1.02. The Kier molecular flexibility index (Phi) is 7.04. The minimum absolute atomic E-state index is 0.536. The number of benzene rings is 1. The molecule has 0 spiro atoms. The lowest BCUT2D eigenvalue weighted by atomic mass is 9.96. The summed E-state index contributed by atoms with van der Waals surface area (Å²) in [5.74, 6) is 2.38. The van der Waals surface area contributed by atoms with Gasteiger partial charge in [-0.05, 0) is 25.8 Å². The Hall–Kier alpha value is -1.91. The molecule has 1 fully saturated rings. The van der Waals surface area contributed by atoms with Gasteiger partial charge in [0, 0.05) is 18.2 Å². The lowest BCUT2D eigenvalue weighted by Gasteiger charge is -2.25. The van der Waals surface area contributed by atoms with Crippen LogP contribution in [0.1, 0.15) is 44.6 Å². The lowest BCUT2D eigenvalue weighted by molar-refractivity contribution is 0.352. The molecule has 1 aromatic rings. The predicted molar refractivity (Wildman–Crippen MR) is 94.4 cm³/mol. The topological polar surface area (TPSA) is 54.9 Å². The van der Waals surface area contributed by atoms with Crippen molar-refractivity contribution in [2.75, 3.05) is 20.8 Å². The number of hydrogen-bond acceptors (Lipinski definition) is 3. The highest BCUT2D eigenvalue weighted by Gasteiger charge is 2.15. The van der Waals surface area contributed by atoms with Crippen LogP contribution in [0.5, 0.6) is 11.5 Å². The molecule has 0 heterocycles. The van der Waals surface area contributed by atoms with Crippen LogP contribution >= 0.6 is 0 Å². The third-order valence-electron chi connectivity index (χ3n) is 4.18. The lowest BCUT2D eigenvalue weighted by Crippen LogP contribution is -2.44. The van der Waals surface area contributed by atoms with Gasteiger partial charge in [0.25, 0.3) is 0 Å². The van der Waals surface area contributed by atoms with Gasteiger partial charge in [-0.2, -0.15) is 0 Å². The number of guanidine groups is 1. The number of methoxy groups -OCH3 is 2. The number of para-hydroxylation sites is 1. The number of nitrogens with zero attached hydrogens (tertiary/aromatic N) is 1. The summed E-state index contributed by atoms with van der Waals surface area (Å²) in [6, 6.07) is 6.43. The van der Waals surface area contributed by atoms with Crippen LogP contribution in [0.3, 0.4) is 0 Å². The first-order valence-electron chi connectivity index (χ1n) is 8.53. The Morgan fingerprint density at radius 3 is 2.61 bits per heavy atom. The van der Waals surface area contributed by atoms with Crippen molar-refractivity contribution in [2.45, 2.75) is 51.6 Å². The second-order valence-corrected chi connectivity index (χ2v) is 5.83. The van der Waals surface area contributed by atoms with E-state index in [1.165, 1.54) is 32.1 Å². The third kappa shape index (κ3) is 5.05. The van der Waals surface area contributed by atoms with Gasteiger partial charge in [0.05, 0.1) is 20.8 Å². The molecule has 2 N–H and O–H groups in total. The summed E-state index contributed by atoms with van der Waals surface area (Å²) in [4.78, 5) is 4.72. The number of ether oxygens (including phenoxy) is 2. The van der Waals surface area contributed by atoms with Crippen LogP contribution in [0.4, 0.5) is 0 Å². The maximum atomic E-state index is 5.47. The summed E-state index contributed by atoms with van der Waals surface area (Å²) in [6.45, 7) is 3.50. The van der Waals surface area contributed by atoms with E-state index in [2.05, 4.69) is 17.6 Å². The molecule has 0 aliphatic heterocycles. The standard InChI is InChI=1S/C18H29N3O2/c1-4-19-18(21-15-10-6-5-7-11-15)20-13-14-9-8-12-16(22-2)17(14)23-3/h8-9,12,15H,4-7,10-11,13H2,1-3H3,(H2,19,20,21). The maximum absolute atomic E-state index is 5.47. The van der Waals surface area contributed by atoms with Crippen LogP contribution < -0.4 is 20.1 Å². The summed E-state index contributed by atoms with van der Waals surface area (Å²) in [7, 11) is 3.32. The highest BCUT2D eigenvalue weighted by atomic mass is 16.5. The molecular weight excluding hydrogens is 290 g/mol. The first kappa shape index (κ1) is 17.4. The van der Waals surface area contributed by atoms with Crippen molar-refractivity contribution in [3.63, 3.8) is 0 Å². The number of aliphatic imine (C=N–C) groups is 1. The zero-order valence-corrected chi connectivity index (χ0v) is 14.5. The normalized spacial score (nSPS) is 16.0. The van der Waals surface area contributed by atoms with Crippen LogP contribution in [0.2, 0.25) is 0 Å². The predicted octanol–water partition coefficient (Wildman–Crippen LogP) is 3.09. The van der Waals surface area contributed by atoms with Crippen LogP contribution in [-0.2, 0) is 6.54 Å². The van der Waals surface area contributed by atoms with E-state index in [0.717, 1.165) is 29.6 Å². The Morgan fingerprint density at radius 1 is 1.17 bits per heavy atom. The molecule has 2 rings (SSSR count). The molecule has 1 saturated carbocycles. The molecule has 0 atom stereocenters. The first-order chi connectivity index (χ1) is 11.3. The van der Waals surface area contributed by atoms with Crippen LogP contribution in [-0.4, -0.2) is 32.8 Å². The van der Waals surface area contributed by atoms with Crippen LogP contribution in [0, 0.1) is 0 Å². The Bertz CT molecular complexity index is 511. The van der Waals surface area contributed by atoms with Crippen LogP contribution in [0.25, 0.3) is 0 Å². The summed E-state index contributed by atoms with van der Waals surface area (Å²) < 4.78 is 10.8. The zero-order valence-electron chi connectivity index (χ0n) is 14.5. The molecule has 1 aliphatic rings. The SMILES string of the molecule is CCNC(=NCc1cccc(OC)c1OC)NC1CCCCC1. The van der Waals surface area contributed by atoms with E-state index in [9.17, 15) is 0 Å². The number of nitrogens with one attached hydrogen (secondary N) is 2. The first-order valence-corrected chi connectivity index (χ1v) is 8.53. The fraction of sp³-hybridized carbons (Fsp3) is 0.611. The van der Waals surface area contributed by atoms with Gasteiger partial charge in [0.2, 0.25) is 0 Å². The molecule has 5 nitrogen and oxygen atoms in total. The second-order valence-electron chi connectivity index (χ2n) is 5.83. The summed E-state index contributed by atoms with van der Waals surface area (Å²) in [6.07, 6.45) is 6.42. The van der Waals surface area contributed by atoms with Gasteiger partial charge < -0.3 is 20.1 Å². The molecular formula is C18H29N3O2. The van der Waals surface area contributed by atoms with Crippen molar-refractivity contribution in [2.24, 2.45) is 4.99 Å². The van der Waals surface area contributed by atoms with Gasteiger partial charge >= 0.3 is 0 Å². The zero-order chi connectivity index (χ0) is 16.5. The van der Waals surface area contributed by atoms with E-state index < -0.39 is 0 Å². The monoisotopic (exact) mass is 319 g/mol. The van der Waals surface area contributed by atoms with Gasteiger partial charge in [0.15, 0.2) is 17.5 Å². The number of hydrogen-bond donors (Lipinski definition) is 2. The molecule has 0 aromatic heterocycles. The minimum atomic E-state index is 0.536. The summed E-state index contributed by atoms with van der Waals surface area (Å²) >= 11 is 0. The van der Waals surface area contributed by atoms with Gasteiger partial charge in [-0.3, -0.25) is 0 Å². The molecule has 1 aliphatic carbocycles. The molecule has 0 radical (unpaired) electrons. The van der Waals surface area contributed by atoms with Crippen molar-refractivity contribution in [3.8, 4) is 11.5 Å². The van der Waals surface area contributed by atoms with E-state index in [0.29, 0.717) is 12.6 Å². The Morgan fingerprint density at radius 2 is 1.96 bits per heavy atom. The molecule has 23 heavy (non-hydrogen) atoms. The number of rotatable bonds is 6. The molecule has 0 saturated heterocycles. The third-order valence-corrected chi connectivity index (χ3v) is 4.18. The van der Waals surface area contributed by atoms with E-state index >= 15 is 0 Å². The average molecular weight is 319 g/mol. The van der Waals surface area contributed by atoms with Crippen molar-refractivity contribution in [1.82, 2.24) is 10.6 Å². The fourth-order valence-electron chi connectivity index (χ4n) is 3.00. The van der Waals surface area contributed by atoms with Gasteiger partial charge in [-0.25, -0.2) is 4.99 Å². The smallest absolute Gasteiger partial charge is 0.191 e. The fourth-order valence-corrected chi connectivity index (χ4v) is 3.00. The quantitative estimate of drug-likeness (QED) is 0.625. The van der Waals surface area contributed by atoms with Gasteiger partial charge in [-0.15, -0.1) is 0 Å². The largest absolute Gasteiger partial charge is 0.493 e. The molecule has 0 amide bonds. The average Bonchev–Trinajstić information content (AvgIpc) is 2.60. The second kappa shape index (κ2) is 9.28. The van der Waals surface area contributed by atoms with E-state index in [1.807, 2.05) is 18.2 Å². The summed E-state index contributed by atoms with van der Waals surface area (Å²) in [5, 5.41) is 6.89. The van der Waals surface area contributed by atoms with E-state index in [4.69, 9.17) is 14.5 Å². The molecule has 5 heteroatoms. The molecule has 0 unspecified atom stereocenters. The van der Waals surface area contributed by atoms with Crippen LogP contribution in [0.15, 0.2) is 23.2 Å². The molecule has 1 aromatic carbocycles.